The van der Waals surface area contributed by atoms with Gasteiger partial charge in [-0.2, -0.15) is 0 Å². The van der Waals surface area contributed by atoms with E-state index in [-0.39, 0.29) is 17.4 Å². The summed E-state index contributed by atoms with van der Waals surface area (Å²) >= 11 is 0. The third-order valence-corrected chi connectivity index (χ3v) is 6.99. The second kappa shape index (κ2) is 10.5. The Bertz CT molecular complexity index is 1020. The lowest BCUT2D eigenvalue weighted by Gasteiger charge is -2.41. The first kappa shape index (κ1) is 24.1. The fourth-order valence-corrected chi connectivity index (χ4v) is 5.14. The lowest BCUT2D eigenvalue weighted by atomic mass is 9.85. The Morgan fingerprint density at radius 2 is 1.68 bits per heavy atom. The molecule has 2 saturated heterocycles. The maximum absolute atomic E-state index is 13.4. The number of benzene rings is 1. The van der Waals surface area contributed by atoms with Crippen molar-refractivity contribution in [3.05, 3.63) is 65.2 Å². The number of carbonyl (C=O) groups excluding carboxylic acids is 1. The molecule has 0 spiro atoms. The first-order valence-electron chi connectivity index (χ1n) is 11.5. The van der Waals surface area contributed by atoms with Crippen LogP contribution in [0.1, 0.15) is 42.7 Å². The summed E-state index contributed by atoms with van der Waals surface area (Å²) in [5.74, 6) is -4.96. The summed E-state index contributed by atoms with van der Waals surface area (Å²) in [6.07, 6.45) is 9.30. The van der Waals surface area contributed by atoms with Gasteiger partial charge in [-0.1, -0.05) is 0 Å². The van der Waals surface area contributed by atoms with Crippen LogP contribution in [0.2, 0.25) is 0 Å². The number of carboxylic acids is 1. The number of hydrogen-bond donors (Lipinski definition) is 2. The van der Waals surface area contributed by atoms with Crippen LogP contribution in [-0.2, 0) is 9.59 Å². The molecule has 34 heavy (non-hydrogen) atoms. The summed E-state index contributed by atoms with van der Waals surface area (Å²) in [7, 11) is 0. The van der Waals surface area contributed by atoms with Crippen LogP contribution in [0.5, 0.6) is 0 Å². The lowest BCUT2D eigenvalue weighted by Crippen LogP contribution is -2.52. The Morgan fingerprint density at radius 3 is 2.24 bits per heavy atom. The first-order chi connectivity index (χ1) is 16.3. The smallest absolute Gasteiger partial charge is 0.321 e. The average molecular weight is 476 g/mol. The molecule has 2 fully saturated rings. The fraction of sp³-hybridized carbons (Fsp3) is 0.440. The van der Waals surface area contributed by atoms with Crippen LogP contribution in [0, 0.1) is 23.4 Å². The molecule has 2 aliphatic rings. The van der Waals surface area contributed by atoms with Gasteiger partial charge in [-0.15, -0.1) is 0 Å². The van der Waals surface area contributed by atoms with Crippen LogP contribution >= 0.6 is 0 Å². The van der Waals surface area contributed by atoms with Crippen LogP contribution in [0.25, 0.3) is 6.08 Å². The number of amides is 1. The van der Waals surface area contributed by atoms with E-state index in [1.54, 1.807) is 4.90 Å². The van der Waals surface area contributed by atoms with Crippen LogP contribution in [0.3, 0.4) is 0 Å². The number of piperidine rings is 2. The molecule has 0 radical (unpaired) electrons. The predicted molar refractivity (Wildman–Crippen MR) is 120 cm³/mol. The highest BCUT2D eigenvalue weighted by atomic mass is 19.2. The monoisotopic (exact) mass is 475 g/mol. The maximum Gasteiger partial charge on any atom is 0.321 e. The summed E-state index contributed by atoms with van der Waals surface area (Å²) in [6, 6.07) is 3.14. The highest BCUT2D eigenvalue weighted by molar-refractivity contribution is 5.91. The number of nitrogens with one attached hydrogen (secondary N) is 1. The van der Waals surface area contributed by atoms with Crippen molar-refractivity contribution in [1.29, 1.82) is 0 Å². The van der Waals surface area contributed by atoms with Gasteiger partial charge in [0.25, 0.3) is 0 Å². The quantitative estimate of drug-likeness (QED) is 0.489. The number of carbonyl (C=O) groups is 2. The molecule has 1 atom stereocenters. The second-order valence-electron chi connectivity index (χ2n) is 9.03. The Hall–Kier alpha value is -3.07. The molecule has 2 aromatic rings. The minimum atomic E-state index is -1.55. The largest absolute Gasteiger partial charge is 0.480 e. The zero-order valence-corrected chi connectivity index (χ0v) is 18.7. The van der Waals surface area contributed by atoms with E-state index in [1.807, 2.05) is 12.4 Å². The number of rotatable bonds is 6. The molecule has 0 bridgehead atoms. The molecule has 0 aliphatic carbocycles. The topological polar surface area (TPSA) is 76.6 Å². The fourth-order valence-electron chi connectivity index (χ4n) is 5.14. The zero-order chi connectivity index (χ0) is 24.2. The molecular weight excluding hydrogens is 447 g/mol. The van der Waals surface area contributed by atoms with Gasteiger partial charge in [0.05, 0.1) is 0 Å². The van der Waals surface area contributed by atoms with Crippen molar-refractivity contribution in [2.45, 2.75) is 37.6 Å². The van der Waals surface area contributed by atoms with Gasteiger partial charge in [0.1, 0.15) is 6.04 Å². The number of H-pyrrole nitrogens is 1. The van der Waals surface area contributed by atoms with Crippen LogP contribution in [-0.4, -0.2) is 64.0 Å². The van der Waals surface area contributed by atoms with E-state index in [2.05, 4.69) is 16.0 Å². The highest BCUT2D eigenvalue weighted by Gasteiger charge is 2.38. The van der Waals surface area contributed by atoms with Crippen LogP contribution in [0.15, 0.2) is 36.7 Å². The van der Waals surface area contributed by atoms with Crippen molar-refractivity contribution in [3.8, 4) is 0 Å². The lowest BCUT2D eigenvalue weighted by molar-refractivity contribution is -0.147. The van der Waals surface area contributed by atoms with E-state index in [9.17, 15) is 27.9 Å². The van der Waals surface area contributed by atoms with Crippen LogP contribution < -0.4 is 0 Å². The number of likely N-dealkylation sites (tertiary alicyclic amines) is 2. The van der Waals surface area contributed by atoms with Gasteiger partial charge in [0.15, 0.2) is 17.5 Å². The molecule has 4 rings (SSSR count). The number of nitrogens with zero attached hydrogens (tertiary/aromatic N) is 2. The number of aromatic nitrogens is 1. The summed E-state index contributed by atoms with van der Waals surface area (Å²) < 4.78 is 39.8. The van der Waals surface area contributed by atoms with Gasteiger partial charge in [0.2, 0.25) is 5.91 Å². The van der Waals surface area contributed by atoms with Gasteiger partial charge in [-0.05, 0) is 86.0 Å². The number of aromatic amines is 1. The van der Waals surface area contributed by atoms with E-state index in [1.165, 1.54) is 17.7 Å². The molecule has 1 amide bonds. The third-order valence-electron chi connectivity index (χ3n) is 6.99. The second-order valence-corrected chi connectivity index (χ2v) is 9.03. The Kier molecular flexibility index (Phi) is 7.41. The van der Waals surface area contributed by atoms with Gasteiger partial charge in [-0.3, -0.25) is 14.5 Å². The SMILES string of the molecule is O=C(O)C(C1CCN(C(=O)/C=C/c2cc(F)c(F)c(F)c2)CC1)N1CCC(c2cc[nH]c2)CC1. The van der Waals surface area contributed by atoms with Crippen LogP contribution in [0.4, 0.5) is 13.2 Å². The molecular formula is C25H28F3N3O3. The Balaban J connectivity index is 1.31. The van der Waals surface area contributed by atoms with Crippen molar-refractivity contribution in [1.82, 2.24) is 14.8 Å². The van der Waals surface area contributed by atoms with Crippen molar-refractivity contribution < 1.29 is 27.9 Å². The molecule has 1 aromatic carbocycles. The molecule has 0 saturated carbocycles. The summed E-state index contributed by atoms with van der Waals surface area (Å²) in [4.78, 5) is 31.4. The molecule has 182 valence electrons. The van der Waals surface area contributed by atoms with Crippen molar-refractivity contribution >= 4 is 18.0 Å². The molecule has 2 aliphatic heterocycles. The summed E-state index contributed by atoms with van der Waals surface area (Å²) in [5, 5.41) is 9.95. The summed E-state index contributed by atoms with van der Waals surface area (Å²) in [5.41, 5.74) is 1.31. The van der Waals surface area contributed by atoms with E-state index in [0.29, 0.717) is 31.8 Å². The Morgan fingerprint density at radius 1 is 1.03 bits per heavy atom. The normalized spacial score (nSPS) is 19.6. The molecule has 9 heteroatoms. The molecule has 1 unspecified atom stereocenters. The van der Waals surface area contributed by atoms with E-state index in [0.717, 1.165) is 38.1 Å². The van der Waals surface area contributed by atoms with E-state index < -0.39 is 29.5 Å². The molecule has 3 heterocycles. The van der Waals surface area contributed by atoms with Gasteiger partial charge in [-0.25, -0.2) is 13.2 Å². The predicted octanol–water partition coefficient (Wildman–Crippen LogP) is 4.02. The molecule has 1 aromatic heterocycles. The number of carboxylic acid groups (broad SMARTS) is 1. The average Bonchev–Trinajstić information content (AvgIpc) is 3.37. The number of aliphatic carboxylic acids is 1. The van der Waals surface area contributed by atoms with E-state index in [4.69, 9.17) is 0 Å². The standard InChI is InChI=1S/C25H28F3N3O3/c26-20-13-16(14-21(27)23(20)28)1-2-22(32)30-9-6-18(7-10-30)24(25(33)34)31-11-4-17(5-12-31)19-3-8-29-15-19/h1-3,8,13-15,17-18,24,29H,4-7,9-12H2,(H,33,34)/b2-1+. The van der Waals surface area contributed by atoms with Gasteiger partial charge in [0, 0.05) is 31.6 Å². The number of hydrogen-bond acceptors (Lipinski definition) is 3. The Labute approximate surface area is 196 Å². The number of halogens is 3. The van der Waals surface area contributed by atoms with Gasteiger partial charge < -0.3 is 15.0 Å². The maximum atomic E-state index is 13.4. The molecule has 2 N–H and O–H groups in total. The minimum Gasteiger partial charge on any atom is -0.480 e. The van der Waals surface area contributed by atoms with Crippen molar-refractivity contribution in [2.24, 2.45) is 5.92 Å². The molecule has 6 nitrogen and oxygen atoms in total. The third kappa shape index (κ3) is 5.35. The van der Waals surface area contributed by atoms with E-state index >= 15 is 0 Å². The van der Waals surface area contributed by atoms with Crippen molar-refractivity contribution in [2.75, 3.05) is 26.2 Å². The van der Waals surface area contributed by atoms with Gasteiger partial charge >= 0.3 is 5.97 Å². The summed E-state index contributed by atoms with van der Waals surface area (Å²) in [6.45, 7) is 2.26. The van der Waals surface area contributed by atoms with Crippen molar-refractivity contribution in [3.63, 3.8) is 0 Å². The minimum absolute atomic E-state index is 0.0496. The first-order valence-corrected chi connectivity index (χ1v) is 11.5. The zero-order valence-electron chi connectivity index (χ0n) is 18.7. The highest BCUT2D eigenvalue weighted by Crippen LogP contribution is 2.32.